The molecule has 0 N–H and O–H groups in total. The van der Waals surface area contributed by atoms with Crippen molar-refractivity contribution in [1.29, 1.82) is 0 Å². The van der Waals surface area contributed by atoms with E-state index in [0.29, 0.717) is 22.0 Å². The molecule has 4 nitrogen and oxygen atoms in total. The van der Waals surface area contributed by atoms with Gasteiger partial charge >= 0.3 is 6.18 Å². The first kappa shape index (κ1) is 23.9. The van der Waals surface area contributed by atoms with Crippen LogP contribution in [0, 0.1) is 0 Å². The number of benzene rings is 5. The molecule has 0 atom stereocenters. The van der Waals surface area contributed by atoms with Gasteiger partial charge in [-0.3, -0.25) is 9.59 Å². The van der Waals surface area contributed by atoms with Crippen molar-refractivity contribution in [3.8, 4) is 16.8 Å². The van der Waals surface area contributed by atoms with Gasteiger partial charge in [0.15, 0.2) is 0 Å². The first-order valence-electron chi connectivity index (χ1n) is 12.6. The van der Waals surface area contributed by atoms with Gasteiger partial charge in [0.1, 0.15) is 0 Å². The number of para-hydroxylation sites is 2. The molecule has 6 aromatic rings. The third kappa shape index (κ3) is 3.48. The number of imide groups is 1. The molecule has 0 radical (unpaired) electrons. The maximum absolute atomic E-state index is 14.3. The van der Waals surface area contributed by atoms with Crippen LogP contribution in [0.15, 0.2) is 115 Å². The standard InChI is InChI=1S/C33H19F3N2O2/c34-33(35,36)26-16-7-14-24-23-13-4-5-17-27(23)38(30(24)26)28-18-8-15-25-29(28)32(40)37(31(25)39)22-12-6-11-21(19-22)20-9-2-1-3-10-20/h1-19H. The molecule has 0 aliphatic carbocycles. The summed E-state index contributed by atoms with van der Waals surface area (Å²) < 4.78 is 44.3. The Hall–Kier alpha value is -5.17. The summed E-state index contributed by atoms with van der Waals surface area (Å²) >= 11 is 0. The quantitative estimate of drug-likeness (QED) is 0.215. The summed E-state index contributed by atoms with van der Waals surface area (Å²) in [4.78, 5) is 28.7. The van der Waals surface area contributed by atoms with Gasteiger partial charge in [-0.05, 0) is 47.5 Å². The second-order valence-electron chi connectivity index (χ2n) is 9.61. The monoisotopic (exact) mass is 532 g/mol. The predicted octanol–water partition coefficient (Wildman–Crippen LogP) is 8.27. The topological polar surface area (TPSA) is 42.3 Å². The van der Waals surface area contributed by atoms with Crippen molar-refractivity contribution in [3.63, 3.8) is 0 Å². The number of fused-ring (bicyclic) bond motifs is 4. The van der Waals surface area contributed by atoms with E-state index in [1.54, 1.807) is 66.7 Å². The van der Waals surface area contributed by atoms with Crippen LogP contribution in [0.5, 0.6) is 0 Å². The number of carbonyl (C=O) groups is 2. The van der Waals surface area contributed by atoms with E-state index in [9.17, 15) is 22.8 Å². The maximum Gasteiger partial charge on any atom is 0.418 e. The number of amides is 2. The zero-order chi connectivity index (χ0) is 27.6. The highest BCUT2D eigenvalue weighted by Crippen LogP contribution is 2.42. The van der Waals surface area contributed by atoms with Crippen LogP contribution >= 0.6 is 0 Å². The van der Waals surface area contributed by atoms with Crippen LogP contribution in [-0.2, 0) is 6.18 Å². The lowest BCUT2D eigenvalue weighted by Crippen LogP contribution is -2.29. The highest BCUT2D eigenvalue weighted by Gasteiger charge is 2.40. The number of nitrogens with zero attached hydrogens (tertiary/aromatic N) is 2. The molecule has 0 bridgehead atoms. The maximum atomic E-state index is 14.3. The average Bonchev–Trinajstić information content (AvgIpc) is 3.44. The summed E-state index contributed by atoms with van der Waals surface area (Å²) in [5.41, 5.74) is 2.20. The van der Waals surface area contributed by atoms with Crippen LogP contribution in [0.1, 0.15) is 26.3 Å². The molecular weight excluding hydrogens is 513 g/mol. The molecule has 0 unspecified atom stereocenters. The molecule has 7 rings (SSSR count). The van der Waals surface area contributed by atoms with Crippen molar-refractivity contribution in [3.05, 3.63) is 132 Å². The smallest absolute Gasteiger partial charge is 0.308 e. The molecule has 2 amide bonds. The van der Waals surface area contributed by atoms with Gasteiger partial charge in [-0.25, -0.2) is 4.90 Å². The Morgan fingerprint density at radius 3 is 2.08 bits per heavy atom. The summed E-state index contributed by atoms with van der Waals surface area (Å²) in [5.74, 6) is -1.11. The highest BCUT2D eigenvalue weighted by molar-refractivity contribution is 6.36. The summed E-state index contributed by atoms with van der Waals surface area (Å²) in [6.07, 6.45) is -4.63. The summed E-state index contributed by atoms with van der Waals surface area (Å²) in [6, 6.07) is 32.4. The Morgan fingerprint density at radius 2 is 1.27 bits per heavy atom. The van der Waals surface area contributed by atoms with Crippen LogP contribution in [0.4, 0.5) is 18.9 Å². The largest absolute Gasteiger partial charge is 0.418 e. The van der Waals surface area contributed by atoms with E-state index in [4.69, 9.17) is 0 Å². The number of hydrogen-bond acceptors (Lipinski definition) is 2. The third-order valence-electron chi connectivity index (χ3n) is 7.35. The Labute approximate surface area is 226 Å². The van der Waals surface area contributed by atoms with Crippen molar-refractivity contribution in [2.75, 3.05) is 4.90 Å². The van der Waals surface area contributed by atoms with Gasteiger partial charge < -0.3 is 4.57 Å². The van der Waals surface area contributed by atoms with E-state index in [1.165, 1.54) is 10.6 Å². The SMILES string of the molecule is O=C1c2cccc(-n3c4ccccc4c4cccc(C(F)(F)F)c43)c2C(=O)N1c1cccc(-c2ccccc2)c1. The molecule has 194 valence electrons. The molecule has 0 saturated carbocycles. The van der Waals surface area contributed by atoms with Crippen LogP contribution in [-0.4, -0.2) is 16.4 Å². The number of hydrogen-bond donors (Lipinski definition) is 0. The minimum atomic E-state index is -4.63. The predicted molar refractivity (Wildman–Crippen MR) is 149 cm³/mol. The second-order valence-corrected chi connectivity index (χ2v) is 9.61. The minimum Gasteiger partial charge on any atom is -0.308 e. The van der Waals surface area contributed by atoms with Crippen LogP contribution < -0.4 is 4.90 Å². The number of anilines is 1. The summed E-state index contributed by atoms with van der Waals surface area (Å²) in [6.45, 7) is 0. The average molecular weight is 533 g/mol. The van der Waals surface area contributed by atoms with Crippen LogP contribution in [0.2, 0.25) is 0 Å². The Morgan fingerprint density at radius 1 is 0.600 bits per heavy atom. The number of carbonyl (C=O) groups excluding carboxylic acids is 2. The van der Waals surface area contributed by atoms with Gasteiger partial charge in [0.2, 0.25) is 0 Å². The van der Waals surface area contributed by atoms with Crippen molar-refractivity contribution in [1.82, 2.24) is 4.57 Å². The molecular formula is C33H19F3N2O2. The lowest BCUT2D eigenvalue weighted by molar-refractivity contribution is -0.136. The van der Waals surface area contributed by atoms with E-state index >= 15 is 0 Å². The van der Waals surface area contributed by atoms with E-state index in [-0.39, 0.29) is 22.3 Å². The summed E-state index contributed by atoms with van der Waals surface area (Å²) in [5, 5.41) is 1.03. The number of alkyl halides is 3. The molecule has 40 heavy (non-hydrogen) atoms. The lowest BCUT2D eigenvalue weighted by atomic mass is 10.0. The molecule has 0 fully saturated rings. The molecule has 1 aromatic heterocycles. The van der Waals surface area contributed by atoms with E-state index in [1.807, 2.05) is 36.4 Å². The Balaban J connectivity index is 1.46. The summed E-state index contributed by atoms with van der Waals surface area (Å²) in [7, 11) is 0. The fraction of sp³-hybridized carbons (Fsp3) is 0.0303. The molecule has 1 aliphatic rings. The number of rotatable bonds is 3. The van der Waals surface area contributed by atoms with Gasteiger partial charge in [0.05, 0.1) is 39.1 Å². The van der Waals surface area contributed by atoms with Gasteiger partial charge in [0, 0.05) is 10.8 Å². The molecule has 2 heterocycles. The molecule has 7 heteroatoms. The fourth-order valence-electron chi connectivity index (χ4n) is 5.64. The second kappa shape index (κ2) is 8.68. The third-order valence-corrected chi connectivity index (χ3v) is 7.35. The zero-order valence-electron chi connectivity index (χ0n) is 20.8. The fourth-order valence-corrected chi connectivity index (χ4v) is 5.64. The van der Waals surface area contributed by atoms with Crippen molar-refractivity contribution in [2.45, 2.75) is 6.18 Å². The van der Waals surface area contributed by atoms with Gasteiger partial charge in [0.25, 0.3) is 11.8 Å². The molecule has 0 spiro atoms. The Kier molecular flexibility index (Phi) is 5.19. The number of aromatic nitrogens is 1. The molecule has 1 aliphatic heterocycles. The van der Waals surface area contributed by atoms with Crippen LogP contribution in [0.25, 0.3) is 38.6 Å². The highest BCUT2D eigenvalue weighted by atomic mass is 19.4. The van der Waals surface area contributed by atoms with Gasteiger partial charge in [-0.15, -0.1) is 0 Å². The molecule has 0 saturated heterocycles. The van der Waals surface area contributed by atoms with E-state index in [2.05, 4.69) is 0 Å². The van der Waals surface area contributed by atoms with E-state index < -0.39 is 23.6 Å². The van der Waals surface area contributed by atoms with Crippen molar-refractivity contribution < 1.29 is 22.8 Å². The van der Waals surface area contributed by atoms with Gasteiger partial charge in [-0.2, -0.15) is 13.2 Å². The lowest BCUT2D eigenvalue weighted by Gasteiger charge is -2.17. The minimum absolute atomic E-state index is 0.0608. The number of halogens is 3. The zero-order valence-corrected chi connectivity index (χ0v) is 20.8. The Bertz CT molecular complexity index is 1990. The van der Waals surface area contributed by atoms with E-state index in [0.717, 1.165) is 22.1 Å². The van der Waals surface area contributed by atoms with Gasteiger partial charge in [-0.1, -0.05) is 78.9 Å². The van der Waals surface area contributed by atoms with Crippen molar-refractivity contribution >= 4 is 39.3 Å². The molecule has 5 aromatic carbocycles. The first-order valence-corrected chi connectivity index (χ1v) is 12.6. The van der Waals surface area contributed by atoms with Crippen LogP contribution in [0.3, 0.4) is 0 Å². The van der Waals surface area contributed by atoms with Crippen molar-refractivity contribution in [2.24, 2.45) is 0 Å². The normalized spacial score (nSPS) is 13.4. The first-order chi connectivity index (χ1) is 19.3.